The van der Waals surface area contributed by atoms with E-state index in [1.165, 1.54) is 110 Å². The third-order valence-corrected chi connectivity index (χ3v) is 12.2. The highest BCUT2D eigenvalue weighted by Crippen LogP contribution is 2.53. The highest BCUT2D eigenvalue weighted by atomic mass is 14.4. The number of fused-ring (bicyclic) bond motifs is 8. The first-order valence-electron chi connectivity index (χ1n) is 19.4. The van der Waals surface area contributed by atoms with Crippen LogP contribution in [0, 0.1) is 0 Å². The normalized spacial score (nSPS) is 13.1. The van der Waals surface area contributed by atoms with Gasteiger partial charge in [0.1, 0.15) is 0 Å². The summed E-state index contributed by atoms with van der Waals surface area (Å²) in [4.78, 5) is 0. The van der Waals surface area contributed by atoms with Crippen molar-refractivity contribution in [2.75, 3.05) is 0 Å². The van der Waals surface area contributed by atoms with Crippen molar-refractivity contribution < 1.29 is 0 Å². The summed E-state index contributed by atoms with van der Waals surface area (Å²) in [5.41, 5.74) is 15.5. The van der Waals surface area contributed by atoms with E-state index >= 15 is 0 Å². The molecule has 0 unspecified atom stereocenters. The standard InChI is InChI=1S/C55H38/c1-55(2)50-27-15-14-26-46(50)54-41-21-9-8-20-40(41)48(34-51(54)55)36-28-30-37(31-29-36)52-42-22-10-12-24-44(42)53(45-25-13-11-23-43(45)52)49-33-39-19-7-6-18-38(39)32-47(49)35-16-4-3-5-17-35/h3-34H,1-2H3. The summed E-state index contributed by atoms with van der Waals surface area (Å²) in [5, 5.41) is 10.2. The molecular weight excluding hydrogens is 661 g/mol. The van der Waals surface area contributed by atoms with Crippen molar-refractivity contribution >= 4 is 43.1 Å². The molecule has 55 heavy (non-hydrogen) atoms. The molecule has 0 nitrogen and oxygen atoms in total. The number of benzene rings is 10. The molecule has 0 bridgehead atoms. The molecule has 0 N–H and O–H groups in total. The molecule has 0 atom stereocenters. The molecule has 1 aliphatic rings. The van der Waals surface area contributed by atoms with E-state index < -0.39 is 0 Å². The van der Waals surface area contributed by atoms with E-state index in [0.717, 1.165) is 0 Å². The zero-order chi connectivity index (χ0) is 36.7. The maximum Gasteiger partial charge on any atom is 0.0159 e. The van der Waals surface area contributed by atoms with Crippen LogP contribution in [-0.2, 0) is 5.41 Å². The first-order valence-corrected chi connectivity index (χ1v) is 19.4. The minimum atomic E-state index is -0.0738. The summed E-state index contributed by atoms with van der Waals surface area (Å²) < 4.78 is 0. The van der Waals surface area contributed by atoms with Gasteiger partial charge in [-0.1, -0.05) is 190 Å². The van der Waals surface area contributed by atoms with E-state index in [1.807, 2.05) is 0 Å². The quantitative estimate of drug-likeness (QED) is 0.161. The molecule has 0 saturated carbocycles. The SMILES string of the molecule is CC1(C)c2ccccc2-c2c1cc(-c1ccc(-c3c4ccccc4c(-c4cc5ccccc5cc4-c4ccccc4)c4ccccc34)cc1)c1ccccc21. The topological polar surface area (TPSA) is 0 Å². The van der Waals surface area contributed by atoms with E-state index in [0.29, 0.717) is 0 Å². The third kappa shape index (κ3) is 4.78. The first-order chi connectivity index (χ1) is 27.1. The zero-order valence-electron chi connectivity index (χ0n) is 31.0. The fraction of sp³-hybridized carbons (Fsp3) is 0.0545. The minimum absolute atomic E-state index is 0.0738. The summed E-state index contributed by atoms with van der Waals surface area (Å²) in [6.07, 6.45) is 0. The predicted octanol–water partition coefficient (Wildman–Crippen LogP) is 15.3. The monoisotopic (exact) mass is 698 g/mol. The van der Waals surface area contributed by atoms with Crippen LogP contribution in [0.25, 0.3) is 98.7 Å². The van der Waals surface area contributed by atoms with Crippen molar-refractivity contribution in [3.63, 3.8) is 0 Å². The van der Waals surface area contributed by atoms with Gasteiger partial charge in [-0.2, -0.15) is 0 Å². The van der Waals surface area contributed by atoms with Gasteiger partial charge in [-0.15, -0.1) is 0 Å². The Morgan fingerprint density at radius 2 is 0.727 bits per heavy atom. The molecule has 0 saturated heterocycles. The molecule has 0 heterocycles. The summed E-state index contributed by atoms with van der Waals surface area (Å²) in [5.74, 6) is 0. The average molecular weight is 699 g/mol. The van der Waals surface area contributed by atoms with Crippen LogP contribution >= 0.6 is 0 Å². The smallest absolute Gasteiger partial charge is 0.0159 e. The maximum absolute atomic E-state index is 2.47. The first kappa shape index (κ1) is 31.7. The Labute approximate surface area is 322 Å². The van der Waals surface area contributed by atoms with Crippen molar-refractivity contribution in [3.05, 3.63) is 205 Å². The Bertz CT molecular complexity index is 3090. The molecule has 0 spiro atoms. The van der Waals surface area contributed by atoms with Crippen LogP contribution in [0.2, 0.25) is 0 Å². The highest BCUT2D eigenvalue weighted by molar-refractivity contribution is 6.23. The van der Waals surface area contributed by atoms with Crippen LogP contribution in [0.15, 0.2) is 194 Å². The van der Waals surface area contributed by atoms with Crippen molar-refractivity contribution in [2.24, 2.45) is 0 Å². The molecule has 0 aliphatic heterocycles. The number of rotatable bonds is 4. The minimum Gasteiger partial charge on any atom is -0.0622 e. The van der Waals surface area contributed by atoms with Gasteiger partial charge in [0, 0.05) is 5.41 Å². The Balaban J connectivity index is 1.12. The van der Waals surface area contributed by atoms with Crippen LogP contribution in [0.5, 0.6) is 0 Å². The third-order valence-electron chi connectivity index (χ3n) is 12.2. The van der Waals surface area contributed by atoms with E-state index in [9.17, 15) is 0 Å². The van der Waals surface area contributed by atoms with Crippen LogP contribution < -0.4 is 0 Å². The van der Waals surface area contributed by atoms with E-state index in [-0.39, 0.29) is 5.41 Å². The lowest BCUT2D eigenvalue weighted by molar-refractivity contribution is 0.661. The fourth-order valence-electron chi connectivity index (χ4n) is 9.64. The van der Waals surface area contributed by atoms with Gasteiger partial charge < -0.3 is 0 Å². The van der Waals surface area contributed by atoms with E-state index in [4.69, 9.17) is 0 Å². The van der Waals surface area contributed by atoms with E-state index in [2.05, 4.69) is 208 Å². The van der Waals surface area contributed by atoms with E-state index in [1.54, 1.807) is 0 Å². The Morgan fingerprint density at radius 3 is 1.36 bits per heavy atom. The van der Waals surface area contributed by atoms with Gasteiger partial charge in [-0.3, -0.25) is 0 Å². The highest BCUT2D eigenvalue weighted by Gasteiger charge is 2.37. The second-order valence-corrected chi connectivity index (χ2v) is 15.6. The number of hydrogen-bond acceptors (Lipinski definition) is 0. The van der Waals surface area contributed by atoms with Gasteiger partial charge in [0.2, 0.25) is 0 Å². The molecule has 10 aromatic carbocycles. The maximum atomic E-state index is 2.47. The van der Waals surface area contributed by atoms with Crippen molar-refractivity contribution in [2.45, 2.75) is 19.3 Å². The second kappa shape index (κ2) is 12.1. The van der Waals surface area contributed by atoms with Gasteiger partial charge in [0.15, 0.2) is 0 Å². The molecule has 0 radical (unpaired) electrons. The number of hydrogen-bond donors (Lipinski definition) is 0. The zero-order valence-corrected chi connectivity index (χ0v) is 31.0. The van der Waals surface area contributed by atoms with Gasteiger partial charge in [0.25, 0.3) is 0 Å². The lowest BCUT2D eigenvalue weighted by atomic mass is 9.80. The Kier molecular flexibility index (Phi) is 7.00. The van der Waals surface area contributed by atoms with Gasteiger partial charge in [-0.05, 0) is 128 Å². The molecule has 0 heteroatoms. The van der Waals surface area contributed by atoms with Crippen LogP contribution in [0.4, 0.5) is 0 Å². The second-order valence-electron chi connectivity index (χ2n) is 15.6. The molecule has 0 fully saturated rings. The summed E-state index contributed by atoms with van der Waals surface area (Å²) in [7, 11) is 0. The van der Waals surface area contributed by atoms with Gasteiger partial charge in [-0.25, -0.2) is 0 Å². The Hall–Kier alpha value is -6.76. The molecular formula is C55H38. The largest absolute Gasteiger partial charge is 0.0622 e. The van der Waals surface area contributed by atoms with Crippen molar-refractivity contribution in [3.8, 4) is 55.6 Å². The molecule has 0 aromatic heterocycles. The average Bonchev–Trinajstić information content (AvgIpc) is 3.48. The fourth-order valence-corrected chi connectivity index (χ4v) is 9.64. The predicted molar refractivity (Wildman–Crippen MR) is 236 cm³/mol. The molecule has 10 aromatic rings. The summed E-state index contributed by atoms with van der Waals surface area (Å²) in [6.45, 7) is 4.75. The van der Waals surface area contributed by atoms with Crippen LogP contribution in [0.1, 0.15) is 25.0 Å². The molecule has 258 valence electrons. The molecule has 11 rings (SSSR count). The Morgan fingerprint density at radius 1 is 0.273 bits per heavy atom. The van der Waals surface area contributed by atoms with Crippen molar-refractivity contribution in [1.82, 2.24) is 0 Å². The summed E-state index contributed by atoms with van der Waals surface area (Å²) >= 11 is 0. The summed E-state index contributed by atoms with van der Waals surface area (Å²) in [6, 6.07) is 72.1. The lowest BCUT2D eigenvalue weighted by Crippen LogP contribution is -2.15. The lowest BCUT2D eigenvalue weighted by Gasteiger charge is -2.23. The van der Waals surface area contributed by atoms with Crippen LogP contribution in [0.3, 0.4) is 0 Å². The van der Waals surface area contributed by atoms with Crippen molar-refractivity contribution in [1.29, 1.82) is 0 Å². The van der Waals surface area contributed by atoms with Gasteiger partial charge >= 0.3 is 0 Å². The van der Waals surface area contributed by atoms with Crippen LogP contribution in [-0.4, -0.2) is 0 Å². The van der Waals surface area contributed by atoms with Gasteiger partial charge in [0.05, 0.1) is 0 Å². The molecule has 0 amide bonds. The molecule has 1 aliphatic carbocycles.